The Labute approximate surface area is 68.9 Å². The SMILES string of the molecule is Cc1nc2n(n1)CCN(N)C2=O. The first-order valence-electron chi connectivity index (χ1n) is 3.66. The molecule has 0 saturated carbocycles. The monoisotopic (exact) mass is 167 g/mol. The van der Waals surface area contributed by atoms with Gasteiger partial charge in [0.25, 0.3) is 0 Å². The van der Waals surface area contributed by atoms with Gasteiger partial charge in [0.15, 0.2) is 0 Å². The van der Waals surface area contributed by atoms with Crippen LogP contribution in [0.4, 0.5) is 0 Å². The molecule has 0 bridgehead atoms. The van der Waals surface area contributed by atoms with Crippen LogP contribution in [0.5, 0.6) is 0 Å². The lowest BCUT2D eigenvalue weighted by Gasteiger charge is -2.20. The van der Waals surface area contributed by atoms with E-state index in [9.17, 15) is 4.79 Å². The highest BCUT2D eigenvalue weighted by atomic mass is 16.2. The van der Waals surface area contributed by atoms with Crippen molar-refractivity contribution in [2.45, 2.75) is 13.5 Å². The molecule has 0 fully saturated rings. The number of carbonyl (C=O) groups excluding carboxylic acids is 1. The number of nitrogens with two attached hydrogens (primary N) is 1. The van der Waals surface area contributed by atoms with E-state index in [0.29, 0.717) is 24.7 Å². The summed E-state index contributed by atoms with van der Waals surface area (Å²) in [7, 11) is 0. The van der Waals surface area contributed by atoms with Gasteiger partial charge in [-0.1, -0.05) is 0 Å². The fourth-order valence-corrected chi connectivity index (χ4v) is 1.20. The number of aromatic nitrogens is 3. The van der Waals surface area contributed by atoms with Crippen LogP contribution in [0.2, 0.25) is 0 Å². The molecule has 0 radical (unpaired) electrons. The van der Waals surface area contributed by atoms with Crippen molar-refractivity contribution in [1.29, 1.82) is 0 Å². The minimum Gasteiger partial charge on any atom is -0.272 e. The Balaban J connectivity index is 2.48. The van der Waals surface area contributed by atoms with Crippen LogP contribution in [-0.4, -0.2) is 32.2 Å². The van der Waals surface area contributed by atoms with Crippen molar-refractivity contribution >= 4 is 5.91 Å². The molecule has 1 aliphatic heterocycles. The molecule has 0 aliphatic carbocycles. The molecule has 0 saturated heterocycles. The number of nitrogens with zero attached hydrogens (tertiary/aromatic N) is 4. The lowest BCUT2D eigenvalue weighted by Crippen LogP contribution is -2.45. The first-order chi connectivity index (χ1) is 5.68. The van der Waals surface area contributed by atoms with Gasteiger partial charge in [-0.3, -0.25) is 9.80 Å². The Morgan fingerprint density at radius 3 is 3.00 bits per heavy atom. The molecule has 64 valence electrons. The number of aryl methyl sites for hydroxylation is 1. The van der Waals surface area contributed by atoms with Crippen LogP contribution in [-0.2, 0) is 6.54 Å². The van der Waals surface area contributed by atoms with Crippen molar-refractivity contribution < 1.29 is 4.79 Å². The van der Waals surface area contributed by atoms with Gasteiger partial charge in [0.05, 0.1) is 13.1 Å². The first-order valence-corrected chi connectivity index (χ1v) is 3.66. The summed E-state index contributed by atoms with van der Waals surface area (Å²) < 4.78 is 1.58. The maximum atomic E-state index is 11.3. The third-order valence-electron chi connectivity index (χ3n) is 1.78. The number of fused-ring (bicyclic) bond motifs is 1. The van der Waals surface area contributed by atoms with Crippen molar-refractivity contribution in [3.8, 4) is 0 Å². The van der Waals surface area contributed by atoms with Gasteiger partial charge in [0.2, 0.25) is 5.82 Å². The average molecular weight is 167 g/mol. The molecule has 0 atom stereocenters. The van der Waals surface area contributed by atoms with E-state index in [0.717, 1.165) is 5.01 Å². The zero-order valence-corrected chi connectivity index (χ0v) is 6.69. The summed E-state index contributed by atoms with van der Waals surface area (Å²) in [6.45, 7) is 2.87. The molecule has 0 spiro atoms. The van der Waals surface area contributed by atoms with E-state index in [2.05, 4.69) is 10.1 Å². The predicted molar refractivity (Wildman–Crippen MR) is 40.0 cm³/mol. The van der Waals surface area contributed by atoms with Crippen molar-refractivity contribution in [2.75, 3.05) is 6.54 Å². The van der Waals surface area contributed by atoms with Gasteiger partial charge in [-0.05, 0) is 6.92 Å². The van der Waals surface area contributed by atoms with Crippen LogP contribution in [0, 0.1) is 6.92 Å². The van der Waals surface area contributed by atoms with E-state index in [1.54, 1.807) is 11.6 Å². The topological polar surface area (TPSA) is 77.0 Å². The summed E-state index contributed by atoms with van der Waals surface area (Å²) >= 11 is 0. The summed E-state index contributed by atoms with van der Waals surface area (Å²) in [5, 5.41) is 5.19. The molecule has 2 rings (SSSR count). The Morgan fingerprint density at radius 1 is 1.50 bits per heavy atom. The van der Waals surface area contributed by atoms with Gasteiger partial charge in [-0.25, -0.2) is 15.5 Å². The van der Waals surface area contributed by atoms with Crippen LogP contribution < -0.4 is 5.84 Å². The van der Waals surface area contributed by atoms with E-state index in [-0.39, 0.29) is 5.91 Å². The van der Waals surface area contributed by atoms with Crippen molar-refractivity contribution in [3.05, 3.63) is 11.6 Å². The summed E-state index contributed by atoms with van der Waals surface area (Å²) in [4.78, 5) is 15.3. The van der Waals surface area contributed by atoms with Crippen LogP contribution in [0.15, 0.2) is 0 Å². The summed E-state index contributed by atoms with van der Waals surface area (Å²) in [5.74, 6) is 6.08. The molecular formula is C6H9N5O. The van der Waals surface area contributed by atoms with Gasteiger partial charge in [0, 0.05) is 0 Å². The average Bonchev–Trinajstić information content (AvgIpc) is 2.39. The highest BCUT2D eigenvalue weighted by Crippen LogP contribution is 2.06. The maximum absolute atomic E-state index is 11.3. The number of carbonyl (C=O) groups is 1. The van der Waals surface area contributed by atoms with E-state index < -0.39 is 0 Å². The minimum absolute atomic E-state index is 0.262. The molecule has 1 aromatic heterocycles. The van der Waals surface area contributed by atoms with Crippen molar-refractivity contribution in [2.24, 2.45) is 5.84 Å². The molecule has 1 aromatic rings. The molecule has 0 aromatic carbocycles. The molecule has 6 nitrogen and oxygen atoms in total. The summed E-state index contributed by atoms with van der Waals surface area (Å²) in [5.41, 5.74) is 0. The number of hydrogen-bond donors (Lipinski definition) is 1. The second-order valence-corrected chi connectivity index (χ2v) is 2.70. The third kappa shape index (κ3) is 0.884. The van der Waals surface area contributed by atoms with Crippen molar-refractivity contribution in [3.63, 3.8) is 0 Å². The minimum atomic E-state index is -0.262. The fraction of sp³-hybridized carbons (Fsp3) is 0.500. The standard InChI is InChI=1S/C6H9N5O/c1-4-8-5-6(12)10(7)2-3-11(5)9-4/h2-3,7H2,1H3. The molecule has 1 amide bonds. The fourth-order valence-electron chi connectivity index (χ4n) is 1.20. The third-order valence-corrected chi connectivity index (χ3v) is 1.78. The van der Waals surface area contributed by atoms with E-state index >= 15 is 0 Å². The lowest BCUT2D eigenvalue weighted by atomic mass is 10.4. The van der Waals surface area contributed by atoms with Crippen LogP contribution in [0.1, 0.15) is 16.4 Å². The van der Waals surface area contributed by atoms with Gasteiger partial charge in [0.1, 0.15) is 5.82 Å². The van der Waals surface area contributed by atoms with Crippen molar-refractivity contribution in [1.82, 2.24) is 19.8 Å². The molecular weight excluding hydrogens is 158 g/mol. The summed E-state index contributed by atoms with van der Waals surface area (Å²) in [6, 6.07) is 0. The smallest absolute Gasteiger partial charge is 0.272 e. The van der Waals surface area contributed by atoms with Gasteiger partial charge in [-0.15, -0.1) is 0 Å². The van der Waals surface area contributed by atoms with Crippen LogP contribution in [0.25, 0.3) is 0 Å². The van der Waals surface area contributed by atoms with E-state index in [4.69, 9.17) is 5.84 Å². The molecule has 6 heteroatoms. The second-order valence-electron chi connectivity index (χ2n) is 2.70. The van der Waals surface area contributed by atoms with E-state index in [1.807, 2.05) is 0 Å². The van der Waals surface area contributed by atoms with E-state index in [1.165, 1.54) is 0 Å². The normalized spacial score (nSPS) is 16.5. The largest absolute Gasteiger partial charge is 0.305 e. The Kier molecular flexibility index (Phi) is 1.37. The zero-order valence-electron chi connectivity index (χ0n) is 6.69. The predicted octanol–water partition coefficient (Wildman–Crippen LogP) is -1.08. The second kappa shape index (κ2) is 2.28. The Morgan fingerprint density at radius 2 is 2.25 bits per heavy atom. The highest BCUT2D eigenvalue weighted by Gasteiger charge is 2.24. The molecule has 12 heavy (non-hydrogen) atoms. The van der Waals surface area contributed by atoms with Crippen LogP contribution in [0.3, 0.4) is 0 Å². The Bertz CT molecular complexity index is 331. The van der Waals surface area contributed by atoms with Crippen LogP contribution >= 0.6 is 0 Å². The maximum Gasteiger partial charge on any atom is 0.305 e. The number of rotatable bonds is 0. The molecule has 2 heterocycles. The molecule has 2 N–H and O–H groups in total. The Hall–Kier alpha value is -1.43. The number of amides is 1. The lowest BCUT2D eigenvalue weighted by molar-refractivity contribution is 0.0690. The summed E-state index contributed by atoms with van der Waals surface area (Å²) in [6.07, 6.45) is 0. The van der Waals surface area contributed by atoms with Gasteiger partial charge in [-0.2, -0.15) is 5.10 Å². The quantitative estimate of drug-likeness (QED) is 0.393. The molecule has 1 aliphatic rings. The van der Waals surface area contributed by atoms with Gasteiger partial charge >= 0.3 is 5.91 Å². The van der Waals surface area contributed by atoms with Gasteiger partial charge < -0.3 is 0 Å². The number of hydrogen-bond acceptors (Lipinski definition) is 4. The highest BCUT2D eigenvalue weighted by molar-refractivity contribution is 5.90. The first kappa shape index (κ1) is 7.23. The molecule has 0 unspecified atom stereocenters. The zero-order chi connectivity index (χ0) is 8.72. The number of hydrazine groups is 1.